The van der Waals surface area contributed by atoms with Crippen molar-refractivity contribution in [3.05, 3.63) is 18.3 Å². The molecule has 1 amide bonds. The standard InChI is InChI=1S/C18H29BN2O5/c1-16(2,3)13(11-23-15(20)22)24-14-10-12(8-9-21-14)19-25-17(4,5)18(6,7)26-19/h8-10,13H,11H2,1-7H3,(H2,20,22). The lowest BCUT2D eigenvalue weighted by Crippen LogP contribution is -2.41. The molecular formula is C18H29BN2O5. The van der Waals surface area contributed by atoms with Gasteiger partial charge in [-0.1, -0.05) is 20.8 Å². The van der Waals surface area contributed by atoms with Crippen molar-refractivity contribution in [1.82, 2.24) is 4.98 Å². The van der Waals surface area contributed by atoms with Gasteiger partial charge in [-0.05, 0) is 39.2 Å². The van der Waals surface area contributed by atoms with E-state index in [0.717, 1.165) is 5.46 Å². The van der Waals surface area contributed by atoms with E-state index in [1.54, 1.807) is 12.3 Å². The van der Waals surface area contributed by atoms with Gasteiger partial charge in [-0.25, -0.2) is 9.78 Å². The molecule has 7 nitrogen and oxygen atoms in total. The Morgan fingerprint density at radius 1 is 1.27 bits per heavy atom. The first-order valence-electron chi connectivity index (χ1n) is 8.72. The molecule has 0 spiro atoms. The highest BCUT2D eigenvalue weighted by Crippen LogP contribution is 2.36. The third-order valence-electron chi connectivity index (χ3n) is 4.89. The number of ether oxygens (including phenoxy) is 2. The number of carbonyl (C=O) groups is 1. The summed E-state index contributed by atoms with van der Waals surface area (Å²) < 4.78 is 23.0. The van der Waals surface area contributed by atoms with Crippen molar-refractivity contribution < 1.29 is 23.6 Å². The average Bonchev–Trinajstić information content (AvgIpc) is 2.71. The van der Waals surface area contributed by atoms with Gasteiger partial charge in [0.2, 0.25) is 5.88 Å². The Bertz CT molecular complexity index is 641. The summed E-state index contributed by atoms with van der Waals surface area (Å²) in [6.45, 7) is 14.0. The summed E-state index contributed by atoms with van der Waals surface area (Å²) in [5, 5.41) is 0. The second-order valence-electron chi connectivity index (χ2n) is 8.62. The summed E-state index contributed by atoms with van der Waals surface area (Å²) in [4.78, 5) is 15.2. The van der Waals surface area contributed by atoms with Crippen molar-refractivity contribution in [1.29, 1.82) is 0 Å². The number of rotatable bonds is 5. The van der Waals surface area contributed by atoms with E-state index in [1.165, 1.54) is 0 Å². The molecule has 26 heavy (non-hydrogen) atoms. The number of carbonyl (C=O) groups excluding carboxylic acids is 1. The van der Waals surface area contributed by atoms with Gasteiger partial charge in [0.15, 0.2) is 0 Å². The van der Waals surface area contributed by atoms with E-state index < -0.39 is 30.5 Å². The molecule has 1 aliphatic rings. The van der Waals surface area contributed by atoms with Crippen molar-refractivity contribution in [2.24, 2.45) is 11.1 Å². The van der Waals surface area contributed by atoms with E-state index in [0.29, 0.717) is 5.88 Å². The molecular weight excluding hydrogens is 335 g/mol. The number of amides is 1. The first-order valence-corrected chi connectivity index (χ1v) is 8.72. The zero-order valence-corrected chi connectivity index (χ0v) is 16.7. The van der Waals surface area contributed by atoms with Crippen LogP contribution < -0.4 is 15.9 Å². The second kappa shape index (κ2) is 7.08. The van der Waals surface area contributed by atoms with Crippen LogP contribution in [-0.2, 0) is 14.0 Å². The molecule has 0 radical (unpaired) electrons. The molecule has 8 heteroatoms. The SMILES string of the molecule is CC(C)(C)C(COC(N)=O)Oc1cc(B2OC(C)(C)C(C)(C)O2)ccn1. The number of pyridine rings is 1. The van der Waals surface area contributed by atoms with Gasteiger partial charge >= 0.3 is 13.2 Å². The maximum atomic E-state index is 10.9. The van der Waals surface area contributed by atoms with Crippen LogP contribution in [0.1, 0.15) is 48.5 Å². The summed E-state index contributed by atoms with van der Waals surface area (Å²) in [5.74, 6) is 0.408. The van der Waals surface area contributed by atoms with Gasteiger partial charge in [0, 0.05) is 17.7 Å². The Hall–Kier alpha value is -1.80. The van der Waals surface area contributed by atoms with Gasteiger partial charge < -0.3 is 24.5 Å². The van der Waals surface area contributed by atoms with Gasteiger partial charge in [-0.3, -0.25) is 0 Å². The van der Waals surface area contributed by atoms with Crippen molar-refractivity contribution in [3.8, 4) is 5.88 Å². The molecule has 1 aromatic heterocycles. The Labute approximate surface area is 155 Å². The topological polar surface area (TPSA) is 92.9 Å². The van der Waals surface area contributed by atoms with Gasteiger partial charge in [-0.2, -0.15) is 0 Å². The highest BCUT2D eigenvalue weighted by Gasteiger charge is 2.51. The van der Waals surface area contributed by atoms with E-state index >= 15 is 0 Å². The quantitative estimate of drug-likeness (QED) is 0.806. The summed E-state index contributed by atoms with van der Waals surface area (Å²) in [6, 6.07) is 3.62. The van der Waals surface area contributed by atoms with Crippen LogP contribution in [-0.4, -0.2) is 42.1 Å². The van der Waals surface area contributed by atoms with Crippen LogP contribution in [0.15, 0.2) is 18.3 Å². The van der Waals surface area contributed by atoms with E-state index in [4.69, 9.17) is 24.5 Å². The van der Waals surface area contributed by atoms with Crippen LogP contribution in [0, 0.1) is 5.41 Å². The summed E-state index contributed by atoms with van der Waals surface area (Å²) in [7, 11) is -0.500. The van der Waals surface area contributed by atoms with E-state index in [9.17, 15) is 4.79 Å². The van der Waals surface area contributed by atoms with Crippen molar-refractivity contribution in [3.63, 3.8) is 0 Å². The number of hydrogen-bond acceptors (Lipinski definition) is 6. The molecule has 1 atom stereocenters. The molecule has 144 valence electrons. The van der Waals surface area contributed by atoms with Crippen LogP contribution in [0.2, 0.25) is 0 Å². The summed E-state index contributed by atoms with van der Waals surface area (Å²) >= 11 is 0. The molecule has 1 saturated heterocycles. The van der Waals surface area contributed by atoms with Gasteiger partial charge in [0.25, 0.3) is 0 Å². The van der Waals surface area contributed by atoms with E-state index in [2.05, 4.69) is 4.98 Å². The van der Waals surface area contributed by atoms with Gasteiger partial charge in [0.1, 0.15) is 12.7 Å². The Morgan fingerprint density at radius 3 is 2.35 bits per heavy atom. The number of aromatic nitrogens is 1. The Balaban J connectivity index is 2.17. The molecule has 2 heterocycles. The normalized spacial score (nSPS) is 19.9. The van der Waals surface area contributed by atoms with Crippen LogP contribution in [0.3, 0.4) is 0 Å². The molecule has 0 aromatic carbocycles. The molecule has 2 rings (SSSR count). The van der Waals surface area contributed by atoms with Crippen LogP contribution in [0.4, 0.5) is 4.79 Å². The fourth-order valence-electron chi connectivity index (χ4n) is 2.38. The molecule has 1 fully saturated rings. The van der Waals surface area contributed by atoms with Crippen molar-refractivity contribution in [2.45, 2.75) is 65.8 Å². The number of primary amides is 1. The largest absolute Gasteiger partial charge is 0.495 e. The molecule has 1 unspecified atom stereocenters. The maximum absolute atomic E-state index is 10.9. The third kappa shape index (κ3) is 4.68. The number of nitrogens with zero attached hydrogens (tertiary/aromatic N) is 1. The van der Waals surface area contributed by atoms with Crippen molar-refractivity contribution >= 4 is 18.7 Å². The number of nitrogens with two attached hydrogens (primary N) is 1. The smallest absolute Gasteiger partial charge is 0.470 e. The zero-order chi connectivity index (χ0) is 19.8. The fourth-order valence-corrected chi connectivity index (χ4v) is 2.38. The first-order chi connectivity index (χ1) is 11.8. The zero-order valence-electron chi connectivity index (χ0n) is 16.7. The third-order valence-corrected chi connectivity index (χ3v) is 4.89. The molecule has 1 aliphatic heterocycles. The lowest BCUT2D eigenvalue weighted by Gasteiger charge is -2.32. The predicted molar refractivity (Wildman–Crippen MR) is 99.4 cm³/mol. The van der Waals surface area contributed by atoms with Crippen molar-refractivity contribution in [2.75, 3.05) is 6.61 Å². The van der Waals surface area contributed by atoms with Crippen LogP contribution >= 0.6 is 0 Å². The van der Waals surface area contributed by atoms with Crippen LogP contribution in [0.5, 0.6) is 5.88 Å². The summed E-state index contributed by atoms with van der Waals surface area (Å²) in [6.07, 6.45) is 0.405. The monoisotopic (exact) mass is 364 g/mol. The Kier molecular flexibility index (Phi) is 5.59. The highest BCUT2D eigenvalue weighted by atomic mass is 16.7. The van der Waals surface area contributed by atoms with Crippen LogP contribution in [0.25, 0.3) is 0 Å². The minimum Gasteiger partial charge on any atom is -0.470 e. The highest BCUT2D eigenvalue weighted by molar-refractivity contribution is 6.62. The maximum Gasteiger partial charge on any atom is 0.495 e. The van der Waals surface area contributed by atoms with Gasteiger partial charge in [-0.15, -0.1) is 0 Å². The minimum absolute atomic E-state index is 0.0429. The van der Waals surface area contributed by atoms with E-state index in [-0.39, 0.29) is 12.0 Å². The van der Waals surface area contributed by atoms with Gasteiger partial charge in [0.05, 0.1) is 11.2 Å². The lowest BCUT2D eigenvalue weighted by molar-refractivity contribution is 0.00578. The molecule has 1 aromatic rings. The van der Waals surface area contributed by atoms with E-state index in [1.807, 2.05) is 54.5 Å². The molecule has 2 N–H and O–H groups in total. The predicted octanol–water partition coefficient (Wildman–Crippen LogP) is 2.27. The Morgan fingerprint density at radius 2 is 1.85 bits per heavy atom. The average molecular weight is 364 g/mol. The number of hydrogen-bond donors (Lipinski definition) is 1. The fraction of sp³-hybridized carbons (Fsp3) is 0.667. The lowest BCUT2D eigenvalue weighted by atomic mass is 9.80. The second-order valence-corrected chi connectivity index (χ2v) is 8.62. The first kappa shape index (κ1) is 20.5. The molecule has 0 saturated carbocycles. The molecule has 0 bridgehead atoms. The molecule has 0 aliphatic carbocycles. The summed E-state index contributed by atoms with van der Waals surface area (Å²) in [5.41, 5.74) is 4.76. The minimum atomic E-state index is -0.832.